The highest BCUT2D eigenvalue weighted by atomic mass is 19.1. The lowest BCUT2D eigenvalue weighted by molar-refractivity contribution is 0.397. The van der Waals surface area contributed by atoms with Crippen LogP contribution < -0.4 is 4.74 Å². The van der Waals surface area contributed by atoms with E-state index in [9.17, 15) is 13.2 Å². The van der Waals surface area contributed by atoms with Crippen molar-refractivity contribution in [2.45, 2.75) is 26.7 Å². The summed E-state index contributed by atoms with van der Waals surface area (Å²) >= 11 is 0. The third kappa shape index (κ3) is 3.79. The number of hydrogen-bond acceptors (Lipinski definition) is 4. The number of nitrogens with one attached hydrogen (secondary N) is 1. The van der Waals surface area contributed by atoms with E-state index in [0.29, 0.717) is 35.8 Å². The van der Waals surface area contributed by atoms with E-state index in [1.54, 1.807) is 12.3 Å². The Morgan fingerprint density at radius 1 is 1.11 bits per heavy atom. The Morgan fingerprint density at radius 3 is 2.37 bits per heavy atom. The first-order valence-electron chi connectivity index (χ1n) is 8.54. The fourth-order valence-corrected chi connectivity index (χ4v) is 2.79. The summed E-state index contributed by atoms with van der Waals surface area (Å²) in [5, 5.41) is 6.63. The van der Waals surface area contributed by atoms with Gasteiger partial charge in [-0.15, -0.1) is 0 Å². The van der Waals surface area contributed by atoms with Gasteiger partial charge >= 0.3 is 0 Å². The molecule has 0 saturated carbocycles. The number of H-pyrrole nitrogens is 1. The molecular weight excluding hydrogens is 357 g/mol. The zero-order valence-corrected chi connectivity index (χ0v) is 15.2. The van der Waals surface area contributed by atoms with E-state index in [2.05, 4.69) is 20.2 Å². The van der Waals surface area contributed by atoms with Crippen molar-refractivity contribution in [1.29, 1.82) is 0 Å². The Hall–Kier alpha value is -2.90. The number of hydrogen-bond donors (Lipinski definition) is 1. The Balaban J connectivity index is 2.28. The molecule has 1 atom stereocenters. The molecule has 0 aliphatic heterocycles. The fourth-order valence-electron chi connectivity index (χ4n) is 2.79. The van der Waals surface area contributed by atoms with E-state index in [4.69, 9.17) is 4.74 Å². The molecule has 0 aliphatic carbocycles. The van der Waals surface area contributed by atoms with Crippen LogP contribution in [-0.2, 0) is 6.42 Å². The molecule has 2 aromatic heterocycles. The minimum atomic E-state index is -1.03. The number of aromatic amines is 1. The minimum Gasteiger partial charge on any atom is -0.480 e. The van der Waals surface area contributed by atoms with Gasteiger partial charge in [-0.2, -0.15) is 10.1 Å². The molecule has 0 bridgehead atoms. The van der Waals surface area contributed by atoms with Crippen molar-refractivity contribution in [2.24, 2.45) is 5.92 Å². The first kappa shape index (κ1) is 18.9. The molecule has 1 aromatic carbocycles. The van der Waals surface area contributed by atoms with E-state index in [1.807, 2.05) is 13.8 Å². The summed E-state index contributed by atoms with van der Waals surface area (Å²) < 4.78 is 47.6. The summed E-state index contributed by atoms with van der Waals surface area (Å²) in [4.78, 5) is 8.78. The highest BCUT2D eigenvalue weighted by molar-refractivity contribution is 5.73. The lowest BCUT2D eigenvalue weighted by atomic mass is 9.95. The van der Waals surface area contributed by atoms with Crippen molar-refractivity contribution in [3.63, 3.8) is 0 Å². The SMILES string of the molecule is CCC(C)Cc1nc(-c2ccn[nH]2)nc(OC)c1-c1c(F)cc(F)cc1F. The Bertz CT molecular complexity index is 921. The standard InChI is InChI=1S/C19H19F3N4O/c1-4-10(2)7-15-17(16-12(21)8-11(20)9-13(16)22)19(27-3)25-18(24-15)14-5-6-23-26-14/h5-6,8-10H,4,7H2,1-3H3,(H,23,26). The van der Waals surface area contributed by atoms with E-state index in [0.717, 1.165) is 6.42 Å². The molecule has 2 heterocycles. The van der Waals surface area contributed by atoms with Crippen molar-refractivity contribution in [2.75, 3.05) is 7.11 Å². The minimum absolute atomic E-state index is 0.0114. The van der Waals surface area contributed by atoms with Gasteiger partial charge in [-0.25, -0.2) is 18.2 Å². The van der Waals surface area contributed by atoms with E-state index in [1.165, 1.54) is 7.11 Å². The Kier molecular flexibility index (Phi) is 5.43. The van der Waals surface area contributed by atoms with Gasteiger partial charge in [0.15, 0.2) is 5.82 Å². The maximum Gasteiger partial charge on any atom is 0.225 e. The smallest absolute Gasteiger partial charge is 0.225 e. The number of aromatic nitrogens is 4. The Labute approximate surface area is 154 Å². The molecule has 0 spiro atoms. The van der Waals surface area contributed by atoms with Crippen molar-refractivity contribution in [1.82, 2.24) is 20.2 Å². The van der Waals surface area contributed by atoms with Crippen molar-refractivity contribution in [3.05, 3.63) is 47.5 Å². The number of methoxy groups -OCH3 is 1. The van der Waals surface area contributed by atoms with Crippen LogP contribution in [-0.4, -0.2) is 27.3 Å². The number of benzene rings is 1. The van der Waals surface area contributed by atoms with Gasteiger partial charge in [0.25, 0.3) is 0 Å². The second kappa shape index (κ2) is 7.77. The average Bonchev–Trinajstić information content (AvgIpc) is 3.16. The molecule has 3 aromatic rings. The second-order valence-corrected chi connectivity index (χ2v) is 6.31. The molecule has 1 unspecified atom stereocenters. The van der Waals surface area contributed by atoms with Crippen molar-refractivity contribution < 1.29 is 17.9 Å². The summed E-state index contributed by atoms with van der Waals surface area (Å²) in [6.07, 6.45) is 2.84. The number of nitrogens with zero attached hydrogens (tertiary/aromatic N) is 3. The fraction of sp³-hybridized carbons (Fsp3) is 0.316. The molecule has 5 nitrogen and oxygen atoms in total. The van der Waals surface area contributed by atoms with Gasteiger partial charge in [0.2, 0.25) is 5.88 Å². The first-order valence-corrected chi connectivity index (χ1v) is 8.54. The van der Waals surface area contributed by atoms with Crippen LogP contribution in [0.1, 0.15) is 26.0 Å². The summed E-state index contributed by atoms with van der Waals surface area (Å²) in [5.74, 6) is -2.55. The maximum absolute atomic E-state index is 14.5. The predicted molar refractivity (Wildman–Crippen MR) is 94.6 cm³/mol. The van der Waals surface area contributed by atoms with Crippen LogP contribution in [0.4, 0.5) is 13.2 Å². The van der Waals surface area contributed by atoms with Gasteiger partial charge in [0, 0.05) is 18.3 Å². The third-order valence-corrected chi connectivity index (χ3v) is 4.38. The van der Waals surface area contributed by atoms with E-state index in [-0.39, 0.29) is 17.4 Å². The van der Waals surface area contributed by atoms with Crippen LogP contribution in [0, 0.1) is 23.4 Å². The molecule has 27 heavy (non-hydrogen) atoms. The summed E-state index contributed by atoms with van der Waals surface area (Å²) in [6, 6.07) is 2.95. The second-order valence-electron chi connectivity index (χ2n) is 6.31. The monoisotopic (exact) mass is 376 g/mol. The highest BCUT2D eigenvalue weighted by Gasteiger charge is 2.25. The van der Waals surface area contributed by atoms with E-state index < -0.39 is 23.0 Å². The molecule has 0 fully saturated rings. The molecule has 142 valence electrons. The van der Waals surface area contributed by atoms with Crippen LogP contribution in [0.25, 0.3) is 22.6 Å². The van der Waals surface area contributed by atoms with Crippen LogP contribution in [0.15, 0.2) is 24.4 Å². The first-order chi connectivity index (χ1) is 12.9. The van der Waals surface area contributed by atoms with Gasteiger partial charge in [-0.1, -0.05) is 20.3 Å². The zero-order chi connectivity index (χ0) is 19.6. The average molecular weight is 376 g/mol. The highest BCUT2D eigenvalue weighted by Crippen LogP contribution is 2.37. The van der Waals surface area contributed by atoms with Crippen LogP contribution >= 0.6 is 0 Å². The topological polar surface area (TPSA) is 63.7 Å². The normalized spacial score (nSPS) is 12.2. The van der Waals surface area contributed by atoms with Gasteiger partial charge in [-0.05, 0) is 18.4 Å². The quantitative estimate of drug-likeness (QED) is 0.686. The molecule has 0 saturated heterocycles. The summed E-state index contributed by atoms with van der Waals surface area (Å²) in [5.41, 5.74) is 0.661. The molecule has 0 radical (unpaired) electrons. The van der Waals surface area contributed by atoms with Crippen LogP contribution in [0.2, 0.25) is 0 Å². The van der Waals surface area contributed by atoms with Gasteiger partial charge in [-0.3, -0.25) is 5.10 Å². The molecular formula is C19H19F3N4O. The molecule has 0 aliphatic rings. The maximum atomic E-state index is 14.5. The lowest BCUT2D eigenvalue weighted by Gasteiger charge is -2.17. The zero-order valence-electron chi connectivity index (χ0n) is 15.2. The molecule has 3 rings (SSSR count). The lowest BCUT2D eigenvalue weighted by Crippen LogP contribution is -2.09. The van der Waals surface area contributed by atoms with Crippen molar-refractivity contribution >= 4 is 0 Å². The number of rotatable bonds is 6. The number of ether oxygens (including phenoxy) is 1. The van der Waals surface area contributed by atoms with Gasteiger partial charge in [0.05, 0.1) is 23.9 Å². The molecule has 8 heteroatoms. The number of halogens is 3. The summed E-state index contributed by atoms with van der Waals surface area (Å²) in [7, 11) is 1.36. The predicted octanol–water partition coefficient (Wildman–Crippen LogP) is 4.55. The molecule has 1 N–H and O–H groups in total. The van der Waals surface area contributed by atoms with Crippen molar-refractivity contribution in [3.8, 4) is 28.5 Å². The third-order valence-electron chi connectivity index (χ3n) is 4.38. The van der Waals surface area contributed by atoms with E-state index >= 15 is 0 Å². The van der Waals surface area contributed by atoms with Gasteiger partial charge < -0.3 is 4.74 Å². The Morgan fingerprint density at radius 2 is 1.81 bits per heavy atom. The van der Waals surface area contributed by atoms with Crippen LogP contribution in [0.3, 0.4) is 0 Å². The van der Waals surface area contributed by atoms with Gasteiger partial charge in [0.1, 0.15) is 23.1 Å². The summed E-state index contributed by atoms with van der Waals surface area (Å²) in [6.45, 7) is 4.02. The largest absolute Gasteiger partial charge is 0.480 e. The molecule has 0 amide bonds. The van der Waals surface area contributed by atoms with Crippen LogP contribution in [0.5, 0.6) is 5.88 Å².